The second-order valence-corrected chi connectivity index (χ2v) is 5.41. The predicted molar refractivity (Wildman–Crippen MR) is 72.7 cm³/mol. The van der Waals surface area contributed by atoms with Crippen LogP contribution in [0, 0.1) is 19.7 Å². The van der Waals surface area contributed by atoms with Gasteiger partial charge in [-0.05, 0) is 56.3 Å². The lowest BCUT2D eigenvalue weighted by Gasteiger charge is -2.08. The number of hydrogen-bond acceptors (Lipinski definition) is 4. The number of rotatable bonds is 3. The highest BCUT2D eigenvalue weighted by molar-refractivity contribution is 7.99. The highest BCUT2D eigenvalue weighted by Crippen LogP contribution is 2.29. The molecule has 0 unspecified atom stereocenters. The molecule has 0 spiro atoms. The first-order valence-electron chi connectivity index (χ1n) is 5.93. The Labute approximate surface area is 115 Å². The number of hydrogen-bond donors (Lipinski definition) is 1. The summed E-state index contributed by atoms with van der Waals surface area (Å²) in [6.07, 6.45) is -0.675. The number of benzene rings is 1. The van der Waals surface area contributed by atoms with E-state index in [0.717, 1.165) is 11.4 Å². The van der Waals surface area contributed by atoms with Gasteiger partial charge in [-0.2, -0.15) is 0 Å². The van der Waals surface area contributed by atoms with Crippen LogP contribution in [0.3, 0.4) is 0 Å². The largest absolute Gasteiger partial charge is 0.389 e. The molecule has 19 heavy (non-hydrogen) atoms. The summed E-state index contributed by atoms with van der Waals surface area (Å²) in [5.41, 5.74) is 2.27. The van der Waals surface area contributed by atoms with Gasteiger partial charge in [-0.15, -0.1) is 0 Å². The average molecular weight is 278 g/mol. The lowest BCUT2D eigenvalue weighted by Crippen LogP contribution is -1.95. The minimum atomic E-state index is -0.675. The van der Waals surface area contributed by atoms with Gasteiger partial charge in [-0.1, -0.05) is 6.07 Å². The maximum atomic E-state index is 13.9. The van der Waals surface area contributed by atoms with Crippen LogP contribution in [0.2, 0.25) is 0 Å². The molecule has 0 aliphatic heterocycles. The highest BCUT2D eigenvalue weighted by atomic mass is 32.2. The summed E-state index contributed by atoms with van der Waals surface area (Å²) >= 11 is 1.18. The molecule has 1 aromatic carbocycles. The molecule has 0 saturated heterocycles. The molecule has 0 bridgehead atoms. The van der Waals surface area contributed by atoms with E-state index >= 15 is 0 Å². The van der Waals surface area contributed by atoms with E-state index in [9.17, 15) is 9.50 Å². The molecule has 0 aliphatic rings. The van der Waals surface area contributed by atoms with E-state index in [1.807, 2.05) is 19.9 Å². The van der Waals surface area contributed by atoms with Crippen LogP contribution >= 0.6 is 11.8 Å². The molecule has 1 heterocycles. The first-order valence-corrected chi connectivity index (χ1v) is 6.75. The summed E-state index contributed by atoms with van der Waals surface area (Å²) < 4.78 is 13.9. The number of aliphatic hydroxyl groups is 1. The van der Waals surface area contributed by atoms with Crippen molar-refractivity contribution in [3.8, 4) is 0 Å². The van der Waals surface area contributed by atoms with Crippen LogP contribution in [0.1, 0.15) is 30.0 Å². The second kappa shape index (κ2) is 5.67. The van der Waals surface area contributed by atoms with Crippen LogP contribution in [0.25, 0.3) is 0 Å². The standard InChI is InChI=1S/C14H15FN2OS/c1-8-6-9(2)17-14(16-8)19-13-5-4-11(10(3)18)7-12(13)15/h4-7,10,18H,1-3H3/t10-/m0/s1. The molecule has 2 rings (SSSR count). The van der Waals surface area contributed by atoms with Crippen molar-refractivity contribution in [3.63, 3.8) is 0 Å². The molecule has 3 nitrogen and oxygen atoms in total. The van der Waals surface area contributed by atoms with E-state index in [1.54, 1.807) is 19.1 Å². The summed E-state index contributed by atoms with van der Waals surface area (Å²) in [7, 11) is 0. The van der Waals surface area contributed by atoms with Crippen LogP contribution in [-0.4, -0.2) is 15.1 Å². The molecular formula is C14H15FN2OS. The Hall–Kier alpha value is -1.46. The topological polar surface area (TPSA) is 46.0 Å². The first-order chi connectivity index (χ1) is 8.95. The minimum Gasteiger partial charge on any atom is -0.389 e. The highest BCUT2D eigenvalue weighted by Gasteiger charge is 2.10. The zero-order valence-corrected chi connectivity index (χ0v) is 11.8. The Morgan fingerprint density at radius 3 is 2.32 bits per heavy atom. The first kappa shape index (κ1) is 14.0. The number of nitrogens with zero attached hydrogens (tertiary/aromatic N) is 2. The van der Waals surface area contributed by atoms with E-state index < -0.39 is 6.10 Å². The van der Waals surface area contributed by atoms with Gasteiger partial charge in [0.25, 0.3) is 0 Å². The molecular weight excluding hydrogens is 263 g/mol. The maximum absolute atomic E-state index is 13.9. The molecule has 0 saturated carbocycles. The third-order valence-corrected chi connectivity index (χ3v) is 3.52. The van der Waals surface area contributed by atoms with E-state index in [0.29, 0.717) is 15.6 Å². The van der Waals surface area contributed by atoms with Gasteiger partial charge in [0, 0.05) is 11.4 Å². The summed E-state index contributed by atoms with van der Waals surface area (Å²) in [4.78, 5) is 8.98. The minimum absolute atomic E-state index is 0.369. The van der Waals surface area contributed by atoms with Crippen molar-refractivity contribution in [1.29, 1.82) is 0 Å². The fourth-order valence-corrected chi connectivity index (χ4v) is 2.57. The number of aryl methyl sites for hydroxylation is 2. The smallest absolute Gasteiger partial charge is 0.192 e. The Bertz CT molecular complexity index is 582. The molecule has 0 fully saturated rings. The van der Waals surface area contributed by atoms with Gasteiger partial charge in [0.05, 0.1) is 11.0 Å². The van der Waals surface area contributed by atoms with Crippen molar-refractivity contribution in [3.05, 3.63) is 47.0 Å². The fourth-order valence-electron chi connectivity index (χ4n) is 1.70. The molecule has 1 N–H and O–H groups in total. The van der Waals surface area contributed by atoms with Crippen LogP contribution in [0.4, 0.5) is 4.39 Å². The third kappa shape index (κ3) is 3.52. The van der Waals surface area contributed by atoms with Crippen molar-refractivity contribution in [2.45, 2.75) is 36.9 Å². The molecule has 0 amide bonds. The van der Waals surface area contributed by atoms with Gasteiger partial charge in [0.1, 0.15) is 5.82 Å². The monoisotopic (exact) mass is 278 g/mol. The summed E-state index contributed by atoms with van der Waals surface area (Å²) in [6.45, 7) is 5.37. The SMILES string of the molecule is Cc1cc(C)nc(Sc2ccc([C@H](C)O)cc2F)n1. The van der Waals surface area contributed by atoms with E-state index in [2.05, 4.69) is 9.97 Å². The summed E-state index contributed by atoms with van der Waals surface area (Å²) in [5.74, 6) is -0.369. The molecule has 1 atom stereocenters. The van der Waals surface area contributed by atoms with E-state index in [-0.39, 0.29) is 5.82 Å². The molecule has 0 aliphatic carbocycles. The van der Waals surface area contributed by atoms with Crippen LogP contribution < -0.4 is 0 Å². The van der Waals surface area contributed by atoms with Crippen LogP contribution in [0.5, 0.6) is 0 Å². The summed E-state index contributed by atoms with van der Waals surface area (Å²) in [5, 5.41) is 9.93. The number of aliphatic hydroxyl groups excluding tert-OH is 1. The second-order valence-electron chi connectivity index (χ2n) is 4.40. The molecule has 2 aromatic rings. The van der Waals surface area contributed by atoms with Crippen LogP contribution in [-0.2, 0) is 0 Å². The van der Waals surface area contributed by atoms with Gasteiger partial charge in [0.15, 0.2) is 5.16 Å². The predicted octanol–water partition coefficient (Wildman–Crippen LogP) is 3.44. The van der Waals surface area contributed by atoms with Gasteiger partial charge < -0.3 is 5.11 Å². The molecule has 1 aromatic heterocycles. The Morgan fingerprint density at radius 1 is 1.16 bits per heavy atom. The van der Waals surface area contributed by atoms with E-state index in [4.69, 9.17) is 0 Å². The van der Waals surface area contributed by atoms with Crippen molar-refractivity contribution in [2.24, 2.45) is 0 Å². The molecule has 5 heteroatoms. The maximum Gasteiger partial charge on any atom is 0.192 e. The lowest BCUT2D eigenvalue weighted by atomic mass is 10.1. The molecule has 0 radical (unpaired) electrons. The van der Waals surface area contributed by atoms with Crippen molar-refractivity contribution >= 4 is 11.8 Å². The van der Waals surface area contributed by atoms with Gasteiger partial charge in [0.2, 0.25) is 0 Å². The van der Waals surface area contributed by atoms with Gasteiger partial charge in [-0.25, -0.2) is 14.4 Å². The average Bonchev–Trinajstić information content (AvgIpc) is 2.30. The van der Waals surface area contributed by atoms with Gasteiger partial charge >= 0.3 is 0 Å². The van der Waals surface area contributed by atoms with Crippen molar-refractivity contribution < 1.29 is 9.50 Å². The molecule has 100 valence electrons. The van der Waals surface area contributed by atoms with Crippen LogP contribution in [0.15, 0.2) is 34.3 Å². The Morgan fingerprint density at radius 2 is 1.79 bits per heavy atom. The fraction of sp³-hybridized carbons (Fsp3) is 0.286. The quantitative estimate of drug-likeness (QED) is 0.874. The normalized spacial score (nSPS) is 12.5. The van der Waals surface area contributed by atoms with Crippen molar-refractivity contribution in [2.75, 3.05) is 0 Å². The third-order valence-electron chi connectivity index (χ3n) is 2.60. The zero-order chi connectivity index (χ0) is 14.0. The summed E-state index contributed by atoms with van der Waals surface area (Å²) in [6, 6.07) is 6.56. The lowest BCUT2D eigenvalue weighted by molar-refractivity contribution is 0.198. The van der Waals surface area contributed by atoms with E-state index in [1.165, 1.54) is 17.8 Å². The Kier molecular flexibility index (Phi) is 4.17. The van der Waals surface area contributed by atoms with Crippen molar-refractivity contribution in [1.82, 2.24) is 9.97 Å². The van der Waals surface area contributed by atoms with Gasteiger partial charge in [-0.3, -0.25) is 0 Å². The Balaban J connectivity index is 2.28. The zero-order valence-electron chi connectivity index (χ0n) is 11.0. The number of aromatic nitrogens is 2. The number of halogens is 1.